The Morgan fingerprint density at radius 1 is 1.67 bits per heavy atom. The molecule has 0 saturated heterocycles. The molecule has 2 atom stereocenters. The third kappa shape index (κ3) is 1.96. The number of rotatable bonds is 3. The molecule has 1 N–H and O–H groups in total. The van der Waals surface area contributed by atoms with Crippen molar-refractivity contribution in [2.75, 3.05) is 6.61 Å². The molecule has 0 aromatic rings. The number of hydrogen-bond acceptors (Lipinski definition) is 4. The standard InChI is InChI=1S/C10H12F3NO4/c1-3-18-8(16)7-4-6(2)9(17,10(11,12)13)14(7)5-15/h4-6,17H,3H2,1-2H3/t6-,9+/m1/s1. The highest BCUT2D eigenvalue weighted by atomic mass is 19.4. The lowest BCUT2D eigenvalue weighted by Gasteiger charge is -2.36. The molecule has 1 heterocycles. The normalized spacial score (nSPS) is 28.0. The van der Waals surface area contributed by atoms with Crippen molar-refractivity contribution in [3.63, 3.8) is 0 Å². The van der Waals surface area contributed by atoms with Crippen molar-refractivity contribution in [2.45, 2.75) is 25.7 Å². The summed E-state index contributed by atoms with van der Waals surface area (Å²) in [5.41, 5.74) is -4.03. The summed E-state index contributed by atoms with van der Waals surface area (Å²) in [6.45, 7) is 2.47. The quantitative estimate of drug-likeness (QED) is 0.606. The van der Waals surface area contributed by atoms with E-state index in [0.717, 1.165) is 13.0 Å². The van der Waals surface area contributed by atoms with Gasteiger partial charge in [-0.2, -0.15) is 13.2 Å². The first-order valence-electron chi connectivity index (χ1n) is 5.12. The van der Waals surface area contributed by atoms with Gasteiger partial charge in [-0.1, -0.05) is 6.92 Å². The van der Waals surface area contributed by atoms with E-state index < -0.39 is 29.5 Å². The molecular weight excluding hydrogens is 255 g/mol. The number of alkyl halides is 3. The van der Waals surface area contributed by atoms with Crippen LogP contribution in [-0.4, -0.2) is 40.9 Å². The summed E-state index contributed by atoms with van der Waals surface area (Å²) in [4.78, 5) is 22.1. The monoisotopic (exact) mass is 267 g/mol. The van der Waals surface area contributed by atoms with Crippen LogP contribution in [0.4, 0.5) is 13.2 Å². The van der Waals surface area contributed by atoms with Gasteiger partial charge in [0.05, 0.1) is 6.61 Å². The maximum atomic E-state index is 12.8. The predicted octanol–water partition coefficient (Wildman–Crippen LogP) is 0.792. The van der Waals surface area contributed by atoms with Crippen molar-refractivity contribution in [1.82, 2.24) is 4.90 Å². The summed E-state index contributed by atoms with van der Waals surface area (Å²) in [5, 5.41) is 9.65. The Kier molecular flexibility index (Phi) is 3.70. The van der Waals surface area contributed by atoms with Gasteiger partial charge >= 0.3 is 12.1 Å². The smallest absolute Gasteiger partial charge is 0.437 e. The molecule has 0 aliphatic carbocycles. The first-order valence-corrected chi connectivity index (χ1v) is 5.12. The molecule has 18 heavy (non-hydrogen) atoms. The average molecular weight is 267 g/mol. The number of hydrogen-bond donors (Lipinski definition) is 1. The molecule has 0 unspecified atom stereocenters. The molecule has 8 heteroatoms. The van der Waals surface area contributed by atoms with Crippen LogP contribution < -0.4 is 0 Å². The van der Waals surface area contributed by atoms with Crippen molar-refractivity contribution in [3.8, 4) is 0 Å². The van der Waals surface area contributed by atoms with E-state index >= 15 is 0 Å². The Balaban J connectivity index is 3.17. The highest BCUT2D eigenvalue weighted by Crippen LogP contribution is 2.45. The molecule has 102 valence electrons. The molecule has 0 aromatic heterocycles. The fourth-order valence-corrected chi connectivity index (χ4v) is 1.74. The average Bonchev–Trinajstić information content (AvgIpc) is 2.52. The Labute approximate surface area is 101 Å². The maximum absolute atomic E-state index is 12.8. The van der Waals surface area contributed by atoms with Gasteiger partial charge in [-0.15, -0.1) is 0 Å². The van der Waals surface area contributed by atoms with Crippen LogP contribution in [0.25, 0.3) is 0 Å². The molecular formula is C10H12F3NO4. The molecule has 0 bridgehead atoms. The zero-order chi connectivity index (χ0) is 14.1. The third-order valence-corrected chi connectivity index (χ3v) is 2.68. The van der Waals surface area contributed by atoms with Gasteiger partial charge in [0, 0.05) is 5.92 Å². The zero-order valence-electron chi connectivity index (χ0n) is 9.69. The van der Waals surface area contributed by atoms with Crippen molar-refractivity contribution in [3.05, 3.63) is 11.8 Å². The second-order valence-corrected chi connectivity index (χ2v) is 3.76. The van der Waals surface area contributed by atoms with Crippen LogP contribution in [0.15, 0.2) is 11.8 Å². The Hall–Kier alpha value is -1.57. The minimum Gasteiger partial charge on any atom is -0.461 e. The summed E-state index contributed by atoms with van der Waals surface area (Å²) in [5.74, 6) is -2.56. The van der Waals surface area contributed by atoms with E-state index in [1.165, 1.54) is 6.92 Å². The van der Waals surface area contributed by atoms with Crippen LogP contribution in [0.2, 0.25) is 0 Å². The lowest BCUT2D eigenvalue weighted by Crippen LogP contribution is -2.59. The van der Waals surface area contributed by atoms with Gasteiger partial charge in [-0.3, -0.25) is 9.69 Å². The van der Waals surface area contributed by atoms with Gasteiger partial charge in [0.25, 0.3) is 0 Å². The highest BCUT2D eigenvalue weighted by molar-refractivity contribution is 5.91. The first kappa shape index (κ1) is 14.5. The topological polar surface area (TPSA) is 66.8 Å². The highest BCUT2D eigenvalue weighted by Gasteiger charge is 2.65. The predicted molar refractivity (Wildman–Crippen MR) is 52.8 cm³/mol. The molecule has 1 amide bonds. The Morgan fingerprint density at radius 2 is 2.22 bits per heavy atom. The number of halogens is 3. The van der Waals surface area contributed by atoms with E-state index in [-0.39, 0.29) is 17.9 Å². The molecule has 1 rings (SSSR count). The second-order valence-electron chi connectivity index (χ2n) is 3.76. The van der Waals surface area contributed by atoms with Gasteiger partial charge < -0.3 is 9.84 Å². The molecule has 0 spiro atoms. The lowest BCUT2D eigenvalue weighted by atomic mass is 9.99. The van der Waals surface area contributed by atoms with Gasteiger partial charge in [0.2, 0.25) is 12.1 Å². The largest absolute Gasteiger partial charge is 0.461 e. The summed E-state index contributed by atoms with van der Waals surface area (Å²) in [6.07, 6.45) is -4.46. The number of carbonyl (C=O) groups is 2. The SMILES string of the molecule is CCOC(=O)C1=C[C@@H](C)[C@](O)(C(F)(F)F)N1C=O. The maximum Gasteiger partial charge on any atom is 0.437 e. The van der Waals surface area contributed by atoms with Crippen LogP contribution >= 0.6 is 0 Å². The number of carbonyl (C=O) groups excluding carboxylic acids is 2. The fraction of sp³-hybridized carbons (Fsp3) is 0.600. The van der Waals surface area contributed by atoms with Crippen LogP contribution in [0, 0.1) is 5.92 Å². The summed E-state index contributed by atoms with van der Waals surface area (Å²) in [6, 6.07) is 0. The molecule has 0 radical (unpaired) electrons. The van der Waals surface area contributed by atoms with Crippen LogP contribution in [0.3, 0.4) is 0 Å². The van der Waals surface area contributed by atoms with E-state index in [4.69, 9.17) is 0 Å². The summed E-state index contributed by atoms with van der Waals surface area (Å²) in [7, 11) is 0. The summed E-state index contributed by atoms with van der Waals surface area (Å²) < 4.78 is 43.0. The number of esters is 1. The minimum absolute atomic E-state index is 0.0460. The number of amides is 1. The Bertz CT molecular complexity index is 393. The van der Waals surface area contributed by atoms with E-state index in [1.54, 1.807) is 0 Å². The summed E-state index contributed by atoms with van der Waals surface area (Å²) >= 11 is 0. The number of aliphatic hydroxyl groups is 1. The number of ether oxygens (including phenoxy) is 1. The molecule has 1 aliphatic rings. The molecule has 1 aliphatic heterocycles. The second kappa shape index (κ2) is 4.60. The van der Waals surface area contributed by atoms with Crippen LogP contribution in [-0.2, 0) is 14.3 Å². The third-order valence-electron chi connectivity index (χ3n) is 2.68. The van der Waals surface area contributed by atoms with Crippen LogP contribution in [0.5, 0.6) is 0 Å². The van der Waals surface area contributed by atoms with E-state index in [1.807, 2.05) is 0 Å². The fourth-order valence-electron chi connectivity index (χ4n) is 1.74. The zero-order valence-corrected chi connectivity index (χ0v) is 9.69. The Morgan fingerprint density at radius 3 is 2.61 bits per heavy atom. The van der Waals surface area contributed by atoms with Gasteiger partial charge in [-0.05, 0) is 13.0 Å². The molecule has 5 nitrogen and oxygen atoms in total. The van der Waals surface area contributed by atoms with Gasteiger partial charge in [-0.25, -0.2) is 4.79 Å². The van der Waals surface area contributed by atoms with Gasteiger partial charge in [0.1, 0.15) is 5.70 Å². The van der Waals surface area contributed by atoms with Crippen molar-refractivity contribution in [2.24, 2.45) is 5.92 Å². The first-order chi connectivity index (χ1) is 8.20. The molecule has 0 saturated carbocycles. The van der Waals surface area contributed by atoms with Crippen LogP contribution in [0.1, 0.15) is 13.8 Å². The van der Waals surface area contributed by atoms with E-state index in [0.29, 0.717) is 0 Å². The molecule has 0 aromatic carbocycles. The minimum atomic E-state index is -5.09. The lowest BCUT2D eigenvalue weighted by molar-refractivity contribution is -0.308. The van der Waals surface area contributed by atoms with E-state index in [9.17, 15) is 27.9 Å². The van der Waals surface area contributed by atoms with Crippen molar-refractivity contribution in [1.29, 1.82) is 0 Å². The van der Waals surface area contributed by atoms with Gasteiger partial charge in [0.15, 0.2) is 0 Å². The number of nitrogens with zero attached hydrogens (tertiary/aromatic N) is 1. The van der Waals surface area contributed by atoms with Crippen molar-refractivity contribution < 1.29 is 32.6 Å². The van der Waals surface area contributed by atoms with E-state index in [2.05, 4.69) is 4.74 Å². The molecule has 0 fully saturated rings. The van der Waals surface area contributed by atoms with Crippen molar-refractivity contribution >= 4 is 12.4 Å².